The molecule has 0 amide bonds. The van der Waals surface area contributed by atoms with Gasteiger partial charge in [0.1, 0.15) is 0 Å². The molecule has 0 aliphatic carbocycles. The van der Waals surface area contributed by atoms with Crippen LogP contribution in [0.4, 0.5) is 0 Å². The number of esters is 1. The summed E-state index contributed by atoms with van der Waals surface area (Å²) in [6, 6.07) is 8.88. The van der Waals surface area contributed by atoms with Crippen LogP contribution in [0.15, 0.2) is 30.3 Å². The van der Waals surface area contributed by atoms with Crippen LogP contribution >= 0.6 is 0 Å². The standard InChI is InChI=1S/C22H26O8/c1-25-18-10-14(11-19(26-2)21(18)27-3)20(23)15(22(24)28-4)7-5-13-6-8-16-17(9-13)30-12-29-16/h6,8-11,15,20,23H,5,7,12H2,1-4H3/t15-,20-/m0/s1. The normalized spacial score (nSPS) is 14.0. The number of ether oxygens (including phenoxy) is 6. The van der Waals surface area contributed by atoms with E-state index in [0.717, 1.165) is 5.56 Å². The maximum atomic E-state index is 12.5. The van der Waals surface area contributed by atoms with Gasteiger partial charge in [0.25, 0.3) is 0 Å². The zero-order valence-electron chi connectivity index (χ0n) is 17.5. The van der Waals surface area contributed by atoms with Gasteiger partial charge in [0.15, 0.2) is 23.0 Å². The second-order valence-electron chi connectivity index (χ2n) is 6.76. The fourth-order valence-electron chi connectivity index (χ4n) is 3.48. The average molecular weight is 418 g/mol. The van der Waals surface area contributed by atoms with Crippen molar-refractivity contribution in [2.45, 2.75) is 18.9 Å². The molecule has 2 aromatic carbocycles. The Bertz CT molecular complexity index is 870. The summed E-state index contributed by atoms with van der Waals surface area (Å²) in [5.74, 6) is 1.27. The molecule has 1 aliphatic rings. The molecule has 1 heterocycles. The van der Waals surface area contributed by atoms with Gasteiger partial charge < -0.3 is 33.5 Å². The van der Waals surface area contributed by atoms with Crippen molar-refractivity contribution in [2.24, 2.45) is 5.92 Å². The van der Waals surface area contributed by atoms with E-state index in [4.69, 9.17) is 28.4 Å². The number of methoxy groups -OCH3 is 4. The van der Waals surface area contributed by atoms with Gasteiger partial charge in [0.2, 0.25) is 12.5 Å². The van der Waals surface area contributed by atoms with Gasteiger partial charge in [-0.15, -0.1) is 0 Å². The van der Waals surface area contributed by atoms with Crippen LogP contribution in [0.1, 0.15) is 23.7 Å². The number of aliphatic hydroxyl groups is 1. The van der Waals surface area contributed by atoms with E-state index in [2.05, 4.69) is 0 Å². The highest BCUT2D eigenvalue weighted by Gasteiger charge is 2.30. The Balaban J connectivity index is 1.83. The Morgan fingerprint density at radius 3 is 2.27 bits per heavy atom. The Kier molecular flexibility index (Phi) is 6.89. The van der Waals surface area contributed by atoms with Crippen molar-refractivity contribution in [3.8, 4) is 28.7 Å². The summed E-state index contributed by atoms with van der Waals surface area (Å²) in [6.45, 7) is 0.198. The van der Waals surface area contributed by atoms with Crippen LogP contribution in [0.2, 0.25) is 0 Å². The smallest absolute Gasteiger partial charge is 0.311 e. The first-order chi connectivity index (χ1) is 14.5. The zero-order valence-corrected chi connectivity index (χ0v) is 17.5. The topological polar surface area (TPSA) is 92.7 Å². The summed E-state index contributed by atoms with van der Waals surface area (Å²) in [5.41, 5.74) is 1.43. The number of carbonyl (C=O) groups excluding carboxylic acids is 1. The third-order valence-corrected chi connectivity index (χ3v) is 5.09. The van der Waals surface area contributed by atoms with Crippen LogP contribution in [0.25, 0.3) is 0 Å². The van der Waals surface area contributed by atoms with Crippen molar-refractivity contribution in [2.75, 3.05) is 35.2 Å². The average Bonchev–Trinajstić information content (AvgIpc) is 3.25. The van der Waals surface area contributed by atoms with E-state index >= 15 is 0 Å². The molecule has 162 valence electrons. The number of carbonyl (C=O) groups is 1. The van der Waals surface area contributed by atoms with Gasteiger partial charge in [0, 0.05) is 0 Å². The third-order valence-electron chi connectivity index (χ3n) is 5.09. The monoisotopic (exact) mass is 418 g/mol. The Labute approximate surface area is 175 Å². The molecule has 1 aliphatic heterocycles. The molecule has 2 aromatic rings. The van der Waals surface area contributed by atoms with Crippen LogP contribution in [0.3, 0.4) is 0 Å². The molecular formula is C22H26O8. The van der Waals surface area contributed by atoms with Gasteiger partial charge in [-0.2, -0.15) is 0 Å². The fourth-order valence-corrected chi connectivity index (χ4v) is 3.48. The Hall–Kier alpha value is -3.13. The molecule has 2 atom stereocenters. The van der Waals surface area contributed by atoms with E-state index in [1.54, 1.807) is 12.1 Å². The number of aliphatic hydroxyl groups excluding tert-OH is 1. The maximum absolute atomic E-state index is 12.5. The minimum absolute atomic E-state index is 0.198. The molecule has 1 N–H and O–H groups in total. The first-order valence-electron chi connectivity index (χ1n) is 9.46. The number of hydrogen-bond donors (Lipinski definition) is 1. The lowest BCUT2D eigenvalue weighted by atomic mass is 9.89. The van der Waals surface area contributed by atoms with Crippen LogP contribution in [0, 0.1) is 5.92 Å². The van der Waals surface area contributed by atoms with Crippen molar-refractivity contribution in [1.29, 1.82) is 0 Å². The summed E-state index contributed by atoms with van der Waals surface area (Å²) in [6.07, 6.45) is -0.220. The highest BCUT2D eigenvalue weighted by Crippen LogP contribution is 2.41. The maximum Gasteiger partial charge on any atom is 0.311 e. The number of rotatable bonds is 9. The fraction of sp³-hybridized carbons (Fsp3) is 0.409. The van der Waals surface area contributed by atoms with Gasteiger partial charge in [-0.05, 0) is 48.2 Å². The molecule has 0 aromatic heterocycles. The molecule has 8 heteroatoms. The van der Waals surface area contributed by atoms with E-state index in [1.165, 1.54) is 28.4 Å². The van der Waals surface area contributed by atoms with Crippen LogP contribution < -0.4 is 23.7 Å². The third kappa shape index (κ3) is 4.38. The predicted molar refractivity (Wildman–Crippen MR) is 107 cm³/mol. The number of aryl methyl sites for hydroxylation is 1. The summed E-state index contributed by atoms with van der Waals surface area (Å²) in [7, 11) is 5.78. The van der Waals surface area contributed by atoms with Gasteiger partial charge in [-0.25, -0.2) is 0 Å². The molecule has 3 rings (SSSR count). The number of benzene rings is 2. The van der Waals surface area contributed by atoms with Crippen LogP contribution in [-0.2, 0) is 16.0 Å². The molecule has 0 radical (unpaired) electrons. The van der Waals surface area contributed by atoms with E-state index in [1.807, 2.05) is 18.2 Å². The SMILES string of the molecule is COC(=O)[C@@H](CCc1ccc2c(c1)OCO2)[C@@H](O)c1cc(OC)c(OC)c(OC)c1. The van der Waals surface area contributed by atoms with Crippen molar-refractivity contribution < 1.29 is 38.3 Å². The highest BCUT2D eigenvalue weighted by atomic mass is 16.7. The van der Waals surface area contributed by atoms with Crippen LogP contribution in [-0.4, -0.2) is 46.3 Å². The first-order valence-corrected chi connectivity index (χ1v) is 9.46. The lowest BCUT2D eigenvalue weighted by Gasteiger charge is -2.23. The van der Waals surface area contributed by atoms with Gasteiger partial charge in [-0.1, -0.05) is 6.07 Å². The molecule has 0 saturated carbocycles. The molecule has 0 bridgehead atoms. The number of hydrogen-bond acceptors (Lipinski definition) is 8. The Morgan fingerprint density at radius 1 is 1.00 bits per heavy atom. The zero-order chi connectivity index (χ0) is 21.7. The van der Waals surface area contributed by atoms with Crippen LogP contribution in [0.5, 0.6) is 28.7 Å². The minimum Gasteiger partial charge on any atom is -0.493 e. The van der Waals surface area contributed by atoms with Crippen molar-refractivity contribution in [3.63, 3.8) is 0 Å². The van der Waals surface area contributed by atoms with E-state index in [-0.39, 0.29) is 6.79 Å². The molecule has 30 heavy (non-hydrogen) atoms. The van der Waals surface area contributed by atoms with Gasteiger partial charge in [0.05, 0.1) is 40.5 Å². The predicted octanol–water partition coefficient (Wildman–Crippen LogP) is 2.90. The lowest BCUT2D eigenvalue weighted by molar-refractivity contribution is -0.150. The second kappa shape index (κ2) is 9.58. The minimum atomic E-state index is -1.12. The first kappa shape index (κ1) is 21.6. The second-order valence-corrected chi connectivity index (χ2v) is 6.76. The van der Waals surface area contributed by atoms with E-state index in [9.17, 15) is 9.90 Å². The molecule has 0 unspecified atom stereocenters. The molecule has 0 saturated heterocycles. The molecular weight excluding hydrogens is 392 g/mol. The van der Waals surface area contributed by atoms with Gasteiger partial charge in [-0.3, -0.25) is 4.79 Å². The summed E-state index contributed by atoms with van der Waals surface area (Å²) in [5, 5.41) is 11.0. The lowest BCUT2D eigenvalue weighted by Crippen LogP contribution is -2.24. The van der Waals surface area contributed by atoms with Crippen molar-refractivity contribution >= 4 is 5.97 Å². The quantitative estimate of drug-likeness (QED) is 0.622. The van der Waals surface area contributed by atoms with Crippen molar-refractivity contribution in [1.82, 2.24) is 0 Å². The van der Waals surface area contributed by atoms with E-state index < -0.39 is 18.0 Å². The summed E-state index contributed by atoms with van der Waals surface area (Å²) < 4.78 is 31.7. The highest BCUT2D eigenvalue weighted by molar-refractivity contribution is 5.73. The molecule has 8 nitrogen and oxygen atoms in total. The summed E-state index contributed by atoms with van der Waals surface area (Å²) in [4.78, 5) is 12.5. The number of fused-ring (bicyclic) bond motifs is 1. The largest absolute Gasteiger partial charge is 0.493 e. The summed E-state index contributed by atoms with van der Waals surface area (Å²) >= 11 is 0. The Morgan fingerprint density at radius 2 is 1.67 bits per heavy atom. The van der Waals surface area contributed by atoms with Gasteiger partial charge >= 0.3 is 5.97 Å². The molecule has 0 spiro atoms. The van der Waals surface area contributed by atoms with Crippen molar-refractivity contribution in [3.05, 3.63) is 41.5 Å². The molecule has 0 fully saturated rings. The van der Waals surface area contributed by atoms with E-state index in [0.29, 0.717) is 47.2 Å².